The van der Waals surface area contributed by atoms with Crippen LogP contribution in [0.3, 0.4) is 0 Å². The molecule has 0 amide bonds. The maximum absolute atomic E-state index is 11.6. The van der Waals surface area contributed by atoms with Crippen molar-refractivity contribution in [3.05, 3.63) is 29.3 Å². The number of nitrogens with two attached hydrogens (primary N) is 1. The van der Waals surface area contributed by atoms with Crippen LogP contribution in [0.5, 0.6) is 0 Å². The highest BCUT2D eigenvalue weighted by Crippen LogP contribution is 2.38. The van der Waals surface area contributed by atoms with Crippen LogP contribution in [0.4, 0.5) is 5.69 Å². The van der Waals surface area contributed by atoms with Crippen molar-refractivity contribution in [2.24, 2.45) is 0 Å². The SMILES string of the molecule is CCCC(C(=O)O)c1cccc(N)c1C1CCOCC1. The van der Waals surface area contributed by atoms with Crippen LogP contribution in [0.2, 0.25) is 0 Å². The Bertz CT molecular complexity index is 467. The Kier molecular flexibility index (Phi) is 5.01. The summed E-state index contributed by atoms with van der Waals surface area (Å²) < 4.78 is 5.40. The molecule has 1 saturated heterocycles. The molecule has 4 nitrogen and oxygen atoms in total. The van der Waals surface area contributed by atoms with E-state index in [0.717, 1.165) is 49.3 Å². The topological polar surface area (TPSA) is 72.5 Å². The van der Waals surface area contributed by atoms with Gasteiger partial charge in [-0.1, -0.05) is 25.5 Å². The second kappa shape index (κ2) is 6.75. The normalized spacial score (nSPS) is 17.9. The molecule has 1 heterocycles. The largest absolute Gasteiger partial charge is 0.481 e. The van der Waals surface area contributed by atoms with Crippen molar-refractivity contribution in [3.8, 4) is 0 Å². The molecule has 0 bridgehead atoms. The van der Waals surface area contributed by atoms with E-state index in [0.29, 0.717) is 12.3 Å². The number of ether oxygens (including phenoxy) is 1. The predicted octanol–water partition coefficient (Wildman–Crippen LogP) is 3.13. The van der Waals surface area contributed by atoms with Gasteiger partial charge in [0.2, 0.25) is 0 Å². The number of aliphatic carboxylic acids is 1. The monoisotopic (exact) mass is 277 g/mol. The van der Waals surface area contributed by atoms with Gasteiger partial charge in [0.05, 0.1) is 5.92 Å². The summed E-state index contributed by atoms with van der Waals surface area (Å²) in [7, 11) is 0. The summed E-state index contributed by atoms with van der Waals surface area (Å²) in [5, 5.41) is 9.51. The molecule has 4 heteroatoms. The molecule has 0 radical (unpaired) electrons. The Hall–Kier alpha value is -1.55. The summed E-state index contributed by atoms with van der Waals surface area (Å²) in [6.45, 7) is 3.46. The summed E-state index contributed by atoms with van der Waals surface area (Å²) in [4.78, 5) is 11.6. The van der Waals surface area contributed by atoms with Gasteiger partial charge in [0.25, 0.3) is 0 Å². The minimum Gasteiger partial charge on any atom is -0.481 e. The number of hydrogen-bond acceptors (Lipinski definition) is 3. The summed E-state index contributed by atoms with van der Waals surface area (Å²) in [5.41, 5.74) is 8.81. The van der Waals surface area contributed by atoms with E-state index < -0.39 is 11.9 Å². The highest BCUT2D eigenvalue weighted by molar-refractivity contribution is 5.77. The van der Waals surface area contributed by atoms with E-state index in [9.17, 15) is 9.90 Å². The number of carboxylic acids is 1. The zero-order chi connectivity index (χ0) is 14.5. The molecule has 0 aliphatic carbocycles. The maximum Gasteiger partial charge on any atom is 0.310 e. The minimum absolute atomic E-state index is 0.318. The fourth-order valence-corrected chi connectivity index (χ4v) is 3.06. The minimum atomic E-state index is -0.759. The van der Waals surface area contributed by atoms with Crippen molar-refractivity contribution in [2.45, 2.75) is 44.4 Å². The van der Waals surface area contributed by atoms with E-state index in [4.69, 9.17) is 10.5 Å². The first-order valence-electron chi connectivity index (χ1n) is 7.34. The summed E-state index contributed by atoms with van der Waals surface area (Å²) in [5.74, 6) is -0.897. The van der Waals surface area contributed by atoms with Crippen LogP contribution in [-0.4, -0.2) is 24.3 Å². The van der Waals surface area contributed by atoms with Crippen molar-refractivity contribution in [3.63, 3.8) is 0 Å². The van der Waals surface area contributed by atoms with E-state index in [2.05, 4.69) is 0 Å². The molecule has 110 valence electrons. The van der Waals surface area contributed by atoms with Gasteiger partial charge in [0.1, 0.15) is 0 Å². The van der Waals surface area contributed by atoms with Crippen molar-refractivity contribution < 1.29 is 14.6 Å². The van der Waals surface area contributed by atoms with Gasteiger partial charge >= 0.3 is 5.97 Å². The summed E-state index contributed by atoms with van der Waals surface area (Å²) in [6.07, 6.45) is 3.33. The first kappa shape index (κ1) is 14.9. The smallest absolute Gasteiger partial charge is 0.310 e. The number of carboxylic acid groups (broad SMARTS) is 1. The van der Waals surface area contributed by atoms with Crippen LogP contribution < -0.4 is 5.73 Å². The third kappa shape index (κ3) is 3.12. The molecule has 1 aromatic rings. The van der Waals surface area contributed by atoms with Gasteiger partial charge in [-0.25, -0.2) is 0 Å². The Morgan fingerprint density at radius 1 is 1.45 bits per heavy atom. The number of hydrogen-bond donors (Lipinski definition) is 2. The molecule has 0 aromatic heterocycles. The average Bonchev–Trinajstić information content (AvgIpc) is 2.45. The molecule has 0 spiro atoms. The third-order valence-corrected chi connectivity index (χ3v) is 4.05. The first-order valence-corrected chi connectivity index (χ1v) is 7.34. The van der Waals surface area contributed by atoms with Gasteiger partial charge in [-0.3, -0.25) is 4.79 Å². The molecular weight excluding hydrogens is 254 g/mol. The van der Waals surface area contributed by atoms with Crippen molar-refractivity contribution in [1.82, 2.24) is 0 Å². The number of carbonyl (C=O) groups is 1. The Labute approximate surface area is 119 Å². The zero-order valence-electron chi connectivity index (χ0n) is 12.0. The molecule has 1 fully saturated rings. The van der Waals surface area contributed by atoms with Crippen molar-refractivity contribution in [1.29, 1.82) is 0 Å². The lowest BCUT2D eigenvalue weighted by atomic mass is 9.81. The van der Waals surface area contributed by atoms with Crippen LogP contribution in [0.25, 0.3) is 0 Å². The van der Waals surface area contributed by atoms with E-state index in [1.165, 1.54) is 0 Å². The molecule has 1 aliphatic heterocycles. The lowest BCUT2D eigenvalue weighted by Crippen LogP contribution is -2.20. The second-order valence-electron chi connectivity index (χ2n) is 5.42. The van der Waals surface area contributed by atoms with Gasteiger partial charge in [-0.15, -0.1) is 0 Å². The maximum atomic E-state index is 11.6. The summed E-state index contributed by atoms with van der Waals surface area (Å²) in [6, 6.07) is 5.66. The van der Waals surface area contributed by atoms with Crippen LogP contribution >= 0.6 is 0 Å². The van der Waals surface area contributed by atoms with Gasteiger partial charge in [0.15, 0.2) is 0 Å². The zero-order valence-corrected chi connectivity index (χ0v) is 12.0. The molecule has 1 unspecified atom stereocenters. The quantitative estimate of drug-likeness (QED) is 0.811. The molecule has 1 aliphatic rings. The molecule has 1 aromatic carbocycles. The van der Waals surface area contributed by atoms with Crippen molar-refractivity contribution >= 4 is 11.7 Å². The van der Waals surface area contributed by atoms with E-state index in [1.54, 1.807) is 0 Å². The summed E-state index contributed by atoms with van der Waals surface area (Å²) >= 11 is 0. The Balaban J connectivity index is 2.40. The number of rotatable bonds is 5. The molecule has 1 atom stereocenters. The lowest BCUT2D eigenvalue weighted by Gasteiger charge is -2.27. The molecule has 3 N–H and O–H groups in total. The highest BCUT2D eigenvalue weighted by Gasteiger charge is 2.27. The second-order valence-corrected chi connectivity index (χ2v) is 5.42. The fourth-order valence-electron chi connectivity index (χ4n) is 3.06. The predicted molar refractivity (Wildman–Crippen MR) is 78.9 cm³/mol. The lowest BCUT2D eigenvalue weighted by molar-refractivity contribution is -0.139. The third-order valence-electron chi connectivity index (χ3n) is 4.05. The first-order chi connectivity index (χ1) is 9.65. The average molecular weight is 277 g/mol. The van der Waals surface area contributed by atoms with Crippen LogP contribution in [0.15, 0.2) is 18.2 Å². The van der Waals surface area contributed by atoms with Gasteiger partial charge < -0.3 is 15.6 Å². The standard InChI is InChI=1S/C16H23NO3/c1-2-4-13(16(18)19)12-5-3-6-14(17)15(12)11-7-9-20-10-8-11/h3,5-6,11,13H,2,4,7-10,17H2,1H3,(H,18,19). The van der Waals surface area contributed by atoms with Crippen molar-refractivity contribution in [2.75, 3.05) is 18.9 Å². The fraction of sp³-hybridized carbons (Fsp3) is 0.562. The molecule has 2 rings (SSSR count). The highest BCUT2D eigenvalue weighted by atomic mass is 16.5. The van der Waals surface area contributed by atoms with Gasteiger partial charge in [-0.2, -0.15) is 0 Å². The van der Waals surface area contributed by atoms with Crippen LogP contribution in [-0.2, 0) is 9.53 Å². The van der Waals surface area contributed by atoms with Crippen LogP contribution in [0, 0.1) is 0 Å². The molecule has 0 saturated carbocycles. The van der Waals surface area contributed by atoms with E-state index >= 15 is 0 Å². The number of benzene rings is 1. The number of anilines is 1. The van der Waals surface area contributed by atoms with Gasteiger partial charge in [0, 0.05) is 18.9 Å². The van der Waals surface area contributed by atoms with E-state index in [-0.39, 0.29) is 0 Å². The Morgan fingerprint density at radius 3 is 2.75 bits per heavy atom. The van der Waals surface area contributed by atoms with Gasteiger partial charge in [-0.05, 0) is 42.4 Å². The molecule has 20 heavy (non-hydrogen) atoms. The van der Waals surface area contributed by atoms with Crippen LogP contribution in [0.1, 0.15) is 55.6 Å². The number of nitrogen functional groups attached to an aromatic ring is 1. The Morgan fingerprint density at radius 2 is 2.15 bits per heavy atom. The van der Waals surface area contributed by atoms with E-state index in [1.807, 2.05) is 25.1 Å². The molecular formula is C16H23NO3.